The Hall–Kier alpha value is -0.330. The summed E-state index contributed by atoms with van der Waals surface area (Å²) in [7, 11) is 0. The molecular weight excluding hydrogens is 148 g/mol. The van der Waals surface area contributed by atoms with Gasteiger partial charge in [-0.15, -0.1) is 0 Å². The highest BCUT2D eigenvalue weighted by molar-refractivity contribution is 5.50. The van der Waals surface area contributed by atoms with Gasteiger partial charge in [-0.2, -0.15) is 0 Å². The lowest BCUT2D eigenvalue weighted by molar-refractivity contribution is -0.108. The highest BCUT2D eigenvalue weighted by atomic mass is 16.1. The summed E-state index contributed by atoms with van der Waals surface area (Å²) in [5.74, 6) is 2.48. The van der Waals surface area contributed by atoms with Crippen molar-refractivity contribution in [3.63, 3.8) is 0 Å². The van der Waals surface area contributed by atoms with Crippen molar-refractivity contribution in [2.75, 3.05) is 0 Å². The summed E-state index contributed by atoms with van der Waals surface area (Å²) in [5.41, 5.74) is 0.674. The van der Waals surface area contributed by atoms with Gasteiger partial charge < -0.3 is 4.79 Å². The van der Waals surface area contributed by atoms with E-state index in [0.717, 1.165) is 30.5 Å². The zero-order valence-corrected chi connectivity index (χ0v) is 8.05. The molecule has 0 aromatic rings. The van der Waals surface area contributed by atoms with E-state index in [1.165, 1.54) is 19.3 Å². The van der Waals surface area contributed by atoms with Gasteiger partial charge in [0.2, 0.25) is 0 Å². The summed E-state index contributed by atoms with van der Waals surface area (Å²) >= 11 is 0. The molecule has 0 heterocycles. The van der Waals surface area contributed by atoms with Crippen molar-refractivity contribution in [2.24, 2.45) is 23.2 Å². The Bertz CT molecular complexity index is 197. The van der Waals surface area contributed by atoms with E-state index in [2.05, 4.69) is 13.8 Å². The van der Waals surface area contributed by atoms with E-state index in [1.54, 1.807) is 0 Å². The van der Waals surface area contributed by atoms with Crippen LogP contribution in [0.25, 0.3) is 0 Å². The Labute approximate surface area is 74.5 Å². The monoisotopic (exact) mass is 166 g/mol. The maximum Gasteiger partial charge on any atom is 0.120 e. The molecule has 2 aliphatic carbocycles. The molecule has 0 N–H and O–H groups in total. The van der Waals surface area contributed by atoms with E-state index in [0.29, 0.717) is 5.41 Å². The van der Waals surface area contributed by atoms with Crippen molar-refractivity contribution in [1.29, 1.82) is 0 Å². The maximum atomic E-state index is 10.4. The number of carbonyl (C=O) groups is 1. The molecule has 1 nitrogen and oxygen atoms in total. The number of fused-ring (bicyclic) bond motifs is 1. The zero-order valence-electron chi connectivity index (χ0n) is 8.05. The van der Waals surface area contributed by atoms with Crippen LogP contribution in [0.3, 0.4) is 0 Å². The highest BCUT2D eigenvalue weighted by Crippen LogP contribution is 2.70. The largest absolute Gasteiger partial charge is 0.303 e. The van der Waals surface area contributed by atoms with Crippen LogP contribution in [0, 0.1) is 23.2 Å². The van der Waals surface area contributed by atoms with Crippen molar-refractivity contribution in [2.45, 2.75) is 39.5 Å². The number of hydrogen-bond donors (Lipinski definition) is 0. The Balaban J connectivity index is 2.00. The molecule has 3 unspecified atom stereocenters. The van der Waals surface area contributed by atoms with Gasteiger partial charge in [0, 0.05) is 6.42 Å². The van der Waals surface area contributed by atoms with Crippen LogP contribution in [0.5, 0.6) is 0 Å². The van der Waals surface area contributed by atoms with Crippen LogP contribution in [0.4, 0.5) is 0 Å². The first-order valence-corrected chi connectivity index (χ1v) is 5.14. The molecule has 0 aromatic heterocycles. The lowest BCUT2D eigenvalue weighted by atomic mass is 9.90. The fraction of sp³-hybridized carbons (Fsp3) is 0.909. The Morgan fingerprint density at radius 1 is 1.58 bits per heavy atom. The maximum absolute atomic E-state index is 10.4. The van der Waals surface area contributed by atoms with Crippen molar-refractivity contribution in [3.8, 4) is 0 Å². The quantitative estimate of drug-likeness (QED) is 0.589. The Morgan fingerprint density at radius 3 is 2.75 bits per heavy atom. The minimum Gasteiger partial charge on any atom is -0.303 e. The summed E-state index contributed by atoms with van der Waals surface area (Å²) in [6.45, 7) is 4.67. The van der Waals surface area contributed by atoms with E-state index >= 15 is 0 Å². The van der Waals surface area contributed by atoms with Crippen LogP contribution in [0.1, 0.15) is 39.5 Å². The lowest BCUT2D eigenvalue weighted by Gasteiger charge is -2.15. The molecule has 2 aliphatic rings. The third kappa shape index (κ3) is 0.949. The van der Waals surface area contributed by atoms with Crippen molar-refractivity contribution in [3.05, 3.63) is 0 Å². The fourth-order valence-corrected chi connectivity index (χ4v) is 3.29. The molecule has 12 heavy (non-hydrogen) atoms. The molecular formula is C11H18O. The number of hydrogen-bond acceptors (Lipinski definition) is 1. The molecule has 1 heteroatoms. The predicted molar refractivity (Wildman–Crippen MR) is 48.8 cm³/mol. The van der Waals surface area contributed by atoms with Crippen LogP contribution < -0.4 is 0 Å². The number of rotatable bonds is 3. The second-order valence-corrected chi connectivity index (χ2v) is 4.90. The molecule has 2 fully saturated rings. The molecule has 3 atom stereocenters. The van der Waals surface area contributed by atoms with Crippen LogP contribution in [0.2, 0.25) is 0 Å². The SMILES string of the molecule is CC(C)C12CCC(CC=O)C1C2. The first kappa shape index (κ1) is 8.28. The van der Waals surface area contributed by atoms with Crippen molar-refractivity contribution >= 4 is 6.29 Å². The Kier molecular flexibility index (Phi) is 1.78. The lowest BCUT2D eigenvalue weighted by Crippen LogP contribution is -2.08. The third-order valence-electron chi connectivity index (χ3n) is 4.28. The molecule has 0 amide bonds. The summed E-state index contributed by atoms with van der Waals surface area (Å²) in [6, 6.07) is 0. The number of carbonyl (C=O) groups excluding carboxylic acids is 1. The van der Waals surface area contributed by atoms with Crippen LogP contribution in [-0.4, -0.2) is 6.29 Å². The van der Waals surface area contributed by atoms with E-state index < -0.39 is 0 Å². The average molecular weight is 166 g/mol. The summed E-state index contributed by atoms with van der Waals surface area (Å²) < 4.78 is 0. The summed E-state index contributed by atoms with van der Waals surface area (Å²) in [4.78, 5) is 10.4. The van der Waals surface area contributed by atoms with Gasteiger partial charge in [-0.05, 0) is 42.4 Å². The fourth-order valence-electron chi connectivity index (χ4n) is 3.29. The van der Waals surface area contributed by atoms with Gasteiger partial charge in [0.05, 0.1) is 0 Å². The minimum atomic E-state index is 0.674. The first-order valence-electron chi connectivity index (χ1n) is 5.14. The average Bonchev–Trinajstić information content (AvgIpc) is 2.67. The third-order valence-corrected chi connectivity index (χ3v) is 4.28. The van der Waals surface area contributed by atoms with E-state index in [4.69, 9.17) is 0 Å². The first-order chi connectivity index (χ1) is 5.70. The molecule has 2 saturated carbocycles. The molecule has 0 spiro atoms. The molecule has 68 valence electrons. The molecule has 0 saturated heterocycles. The van der Waals surface area contributed by atoms with Crippen LogP contribution >= 0.6 is 0 Å². The standard InChI is InChI=1S/C11H18O/c1-8(2)11-5-3-9(4-6-12)10(11)7-11/h6,8-10H,3-5,7H2,1-2H3. The highest BCUT2D eigenvalue weighted by Gasteiger charge is 2.62. The van der Waals surface area contributed by atoms with Gasteiger partial charge in [-0.1, -0.05) is 13.8 Å². The number of aldehydes is 1. The molecule has 2 rings (SSSR count). The molecule has 0 aliphatic heterocycles. The van der Waals surface area contributed by atoms with Gasteiger partial charge in [0.25, 0.3) is 0 Å². The Morgan fingerprint density at radius 2 is 2.33 bits per heavy atom. The minimum absolute atomic E-state index is 0.674. The summed E-state index contributed by atoms with van der Waals surface area (Å²) in [6.07, 6.45) is 6.02. The van der Waals surface area contributed by atoms with Crippen LogP contribution in [-0.2, 0) is 4.79 Å². The van der Waals surface area contributed by atoms with Gasteiger partial charge in [-0.3, -0.25) is 0 Å². The van der Waals surface area contributed by atoms with Gasteiger partial charge in [-0.25, -0.2) is 0 Å². The van der Waals surface area contributed by atoms with Gasteiger partial charge in [0.15, 0.2) is 0 Å². The van der Waals surface area contributed by atoms with Gasteiger partial charge in [0.1, 0.15) is 6.29 Å². The van der Waals surface area contributed by atoms with Gasteiger partial charge >= 0.3 is 0 Å². The second kappa shape index (κ2) is 2.58. The molecule has 0 aromatic carbocycles. The molecule has 0 radical (unpaired) electrons. The van der Waals surface area contributed by atoms with Crippen molar-refractivity contribution in [1.82, 2.24) is 0 Å². The second-order valence-electron chi connectivity index (χ2n) is 4.90. The van der Waals surface area contributed by atoms with E-state index in [1.807, 2.05) is 0 Å². The normalized spacial score (nSPS) is 44.6. The van der Waals surface area contributed by atoms with E-state index in [-0.39, 0.29) is 0 Å². The molecule has 0 bridgehead atoms. The van der Waals surface area contributed by atoms with Crippen molar-refractivity contribution < 1.29 is 4.79 Å². The van der Waals surface area contributed by atoms with Crippen LogP contribution in [0.15, 0.2) is 0 Å². The zero-order chi connectivity index (χ0) is 8.77. The van der Waals surface area contributed by atoms with E-state index in [9.17, 15) is 4.79 Å². The topological polar surface area (TPSA) is 17.1 Å². The predicted octanol–water partition coefficient (Wildman–Crippen LogP) is 2.65. The smallest absolute Gasteiger partial charge is 0.120 e. The summed E-state index contributed by atoms with van der Waals surface area (Å²) in [5, 5.41) is 0.